The van der Waals surface area contributed by atoms with E-state index in [1.165, 1.54) is 12.4 Å². The molecule has 0 aliphatic carbocycles. The smallest absolute Gasteiger partial charge is 0.280 e. The van der Waals surface area contributed by atoms with Crippen molar-refractivity contribution in [1.82, 2.24) is 29.0 Å². The summed E-state index contributed by atoms with van der Waals surface area (Å²) in [6.45, 7) is 2.05. The molecule has 2 fully saturated rings. The number of halogens is 2. The number of aryl methyl sites for hydroxylation is 2. The monoisotopic (exact) mass is 450 g/mol. The molecule has 6 rings (SSSR count). The Hall–Kier alpha value is -3.36. The number of piperidine rings is 1. The van der Waals surface area contributed by atoms with Crippen molar-refractivity contribution in [2.24, 2.45) is 7.05 Å². The van der Waals surface area contributed by atoms with Gasteiger partial charge >= 0.3 is 0 Å². The fourth-order valence-corrected chi connectivity index (χ4v) is 5.82. The molecule has 5 heterocycles. The molecule has 0 saturated carbocycles. The standard InChI is InChI=1S/C24H24F2N6O/c1-13-9-15-10-14(3-7-19(15)30(13)2)23(33)31-16-4-6-17(20(31)8-5-16)21-11-18(22(25)26)29-24-27-12-28-32(21)24/h3,7,9-12,16-17,20,22H,4-6,8H2,1-2H3/t16-,17-,20-/m0/s1. The summed E-state index contributed by atoms with van der Waals surface area (Å²) in [6, 6.07) is 9.49. The Morgan fingerprint density at radius 3 is 2.76 bits per heavy atom. The lowest BCUT2D eigenvalue weighted by atomic mass is 9.86. The van der Waals surface area contributed by atoms with E-state index in [1.54, 1.807) is 4.52 Å². The second-order valence-electron chi connectivity index (χ2n) is 9.19. The third-order valence-electron chi connectivity index (χ3n) is 7.49. The topological polar surface area (TPSA) is 68.3 Å². The zero-order valence-corrected chi connectivity index (χ0v) is 18.4. The van der Waals surface area contributed by atoms with Crippen molar-refractivity contribution < 1.29 is 13.6 Å². The van der Waals surface area contributed by atoms with Crippen LogP contribution < -0.4 is 0 Å². The summed E-state index contributed by atoms with van der Waals surface area (Å²) in [7, 11) is 2.02. The lowest BCUT2D eigenvalue weighted by molar-refractivity contribution is 0.0554. The van der Waals surface area contributed by atoms with E-state index in [0.717, 1.165) is 42.3 Å². The van der Waals surface area contributed by atoms with Crippen LogP contribution in [0.25, 0.3) is 16.7 Å². The molecule has 0 radical (unpaired) electrons. The molecule has 170 valence electrons. The Balaban J connectivity index is 1.39. The fraction of sp³-hybridized carbons (Fsp3) is 0.417. The molecule has 0 spiro atoms. The van der Waals surface area contributed by atoms with Gasteiger partial charge in [0.2, 0.25) is 0 Å². The number of benzene rings is 1. The van der Waals surface area contributed by atoms with E-state index in [9.17, 15) is 13.6 Å². The lowest BCUT2D eigenvalue weighted by Gasteiger charge is -2.40. The van der Waals surface area contributed by atoms with Gasteiger partial charge in [0.05, 0.1) is 5.69 Å². The van der Waals surface area contributed by atoms with Gasteiger partial charge in [-0.15, -0.1) is 0 Å². The van der Waals surface area contributed by atoms with E-state index >= 15 is 0 Å². The van der Waals surface area contributed by atoms with Crippen molar-refractivity contribution >= 4 is 22.6 Å². The first-order chi connectivity index (χ1) is 15.9. The van der Waals surface area contributed by atoms with Gasteiger partial charge in [0.15, 0.2) is 0 Å². The largest absolute Gasteiger partial charge is 0.348 e. The van der Waals surface area contributed by atoms with E-state index in [1.807, 2.05) is 37.1 Å². The second-order valence-corrected chi connectivity index (χ2v) is 9.19. The number of hydrogen-bond acceptors (Lipinski definition) is 4. The van der Waals surface area contributed by atoms with Crippen LogP contribution in [0.5, 0.6) is 0 Å². The molecule has 2 aliphatic heterocycles. The predicted molar refractivity (Wildman–Crippen MR) is 118 cm³/mol. The molecule has 9 heteroatoms. The van der Waals surface area contributed by atoms with Crippen molar-refractivity contribution in [3.8, 4) is 0 Å². The number of fused-ring (bicyclic) bond motifs is 4. The van der Waals surface area contributed by atoms with Gasteiger partial charge in [-0.1, -0.05) is 0 Å². The molecule has 0 N–H and O–H groups in total. The van der Waals surface area contributed by atoms with Crippen LogP contribution in [0.3, 0.4) is 0 Å². The Kier molecular flexibility index (Phi) is 4.50. The van der Waals surface area contributed by atoms with Gasteiger partial charge in [0.1, 0.15) is 12.0 Å². The zero-order chi connectivity index (χ0) is 22.9. The molecule has 3 aromatic heterocycles. The minimum atomic E-state index is -2.69. The first-order valence-electron chi connectivity index (χ1n) is 11.3. The summed E-state index contributed by atoms with van der Waals surface area (Å²) in [5.41, 5.74) is 3.25. The lowest BCUT2D eigenvalue weighted by Crippen LogP contribution is -2.47. The number of nitrogens with zero attached hydrogens (tertiary/aromatic N) is 6. The molecule has 3 atom stereocenters. The van der Waals surface area contributed by atoms with Crippen molar-refractivity contribution in [2.45, 2.75) is 57.0 Å². The highest BCUT2D eigenvalue weighted by Crippen LogP contribution is 2.45. The van der Waals surface area contributed by atoms with Crippen LogP contribution in [-0.2, 0) is 7.05 Å². The zero-order valence-electron chi connectivity index (χ0n) is 18.4. The summed E-state index contributed by atoms with van der Waals surface area (Å²) < 4.78 is 30.7. The molecule has 1 amide bonds. The van der Waals surface area contributed by atoms with E-state index in [2.05, 4.69) is 25.7 Å². The third-order valence-corrected chi connectivity index (χ3v) is 7.49. The first kappa shape index (κ1) is 20.3. The number of hydrogen-bond donors (Lipinski definition) is 0. The Bertz CT molecular complexity index is 1390. The highest BCUT2D eigenvalue weighted by Gasteiger charge is 2.46. The second kappa shape index (κ2) is 7.33. The molecule has 2 saturated heterocycles. The van der Waals surface area contributed by atoms with Gasteiger partial charge in [0, 0.05) is 47.2 Å². The molecule has 7 nitrogen and oxygen atoms in total. The van der Waals surface area contributed by atoms with Gasteiger partial charge < -0.3 is 9.47 Å². The summed E-state index contributed by atoms with van der Waals surface area (Å²) >= 11 is 0. The Labute approximate surface area is 189 Å². The molecule has 2 bridgehead atoms. The van der Waals surface area contributed by atoms with Crippen LogP contribution in [0.4, 0.5) is 8.78 Å². The number of alkyl halides is 2. The molecular weight excluding hydrogens is 426 g/mol. The third kappa shape index (κ3) is 3.05. The van der Waals surface area contributed by atoms with E-state index in [0.29, 0.717) is 11.3 Å². The number of aromatic nitrogens is 5. The summed E-state index contributed by atoms with van der Waals surface area (Å²) in [4.78, 5) is 23.7. The molecule has 0 unspecified atom stereocenters. The number of amides is 1. The maximum Gasteiger partial charge on any atom is 0.280 e. The van der Waals surface area contributed by atoms with Gasteiger partial charge in [-0.05, 0) is 62.9 Å². The number of rotatable bonds is 3. The minimum Gasteiger partial charge on any atom is -0.348 e. The van der Waals surface area contributed by atoms with Crippen LogP contribution in [0.2, 0.25) is 0 Å². The molecule has 33 heavy (non-hydrogen) atoms. The van der Waals surface area contributed by atoms with Crippen LogP contribution in [0.15, 0.2) is 36.7 Å². The van der Waals surface area contributed by atoms with Gasteiger partial charge in [-0.2, -0.15) is 10.1 Å². The predicted octanol–water partition coefficient (Wildman–Crippen LogP) is 4.41. The van der Waals surface area contributed by atoms with Crippen molar-refractivity contribution in [2.75, 3.05) is 0 Å². The quantitative estimate of drug-likeness (QED) is 0.464. The number of carbonyl (C=O) groups is 1. The van der Waals surface area contributed by atoms with Crippen molar-refractivity contribution in [3.05, 3.63) is 59.3 Å². The van der Waals surface area contributed by atoms with E-state index < -0.39 is 6.43 Å². The van der Waals surface area contributed by atoms with Gasteiger partial charge in [-0.25, -0.2) is 18.3 Å². The molecule has 1 aromatic carbocycles. The molecular formula is C24H24F2N6O. The van der Waals surface area contributed by atoms with E-state index in [4.69, 9.17) is 0 Å². The van der Waals surface area contributed by atoms with Crippen LogP contribution in [0.1, 0.15) is 65.5 Å². The van der Waals surface area contributed by atoms with Crippen molar-refractivity contribution in [3.63, 3.8) is 0 Å². The van der Waals surface area contributed by atoms with Crippen LogP contribution in [-0.4, -0.2) is 47.0 Å². The average molecular weight is 450 g/mol. The Morgan fingerprint density at radius 1 is 1.12 bits per heavy atom. The Morgan fingerprint density at radius 2 is 1.94 bits per heavy atom. The minimum absolute atomic E-state index is 0.00794. The van der Waals surface area contributed by atoms with Crippen molar-refractivity contribution in [1.29, 1.82) is 0 Å². The highest BCUT2D eigenvalue weighted by molar-refractivity contribution is 5.99. The fourth-order valence-electron chi connectivity index (χ4n) is 5.82. The van der Waals surface area contributed by atoms with Gasteiger partial charge in [0.25, 0.3) is 18.1 Å². The normalized spacial score (nSPS) is 22.7. The summed E-state index contributed by atoms with van der Waals surface area (Å²) in [5, 5.41) is 5.29. The van der Waals surface area contributed by atoms with Crippen LogP contribution >= 0.6 is 0 Å². The maximum atomic E-state index is 13.7. The first-order valence-corrected chi connectivity index (χ1v) is 11.3. The highest BCUT2D eigenvalue weighted by atomic mass is 19.3. The van der Waals surface area contributed by atoms with E-state index in [-0.39, 0.29) is 35.4 Å². The summed E-state index contributed by atoms with van der Waals surface area (Å²) in [6.07, 6.45) is 2.06. The average Bonchev–Trinajstić information content (AvgIpc) is 3.48. The molecule has 4 aromatic rings. The maximum absolute atomic E-state index is 13.7. The number of carbonyl (C=O) groups excluding carboxylic acids is 1. The van der Waals surface area contributed by atoms with Crippen LogP contribution in [0, 0.1) is 6.92 Å². The van der Waals surface area contributed by atoms with Gasteiger partial charge in [-0.3, -0.25) is 4.79 Å². The summed E-state index contributed by atoms with van der Waals surface area (Å²) in [5.74, 6) is 0.0828. The SMILES string of the molecule is Cc1cc2cc(C(=O)N3[C@H]4CC[C@H](c5cc(C(F)F)nc6ncnn56)[C@@H]3CC4)ccc2n1C. The molecule has 2 aliphatic rings.